The molecule has 0 spiro atoms. The first-order chi connectivity index (χ1) is 17.5. The van der Waals surface area contributed by atoms with E-state index in [1.807, 2.05) is 0 Å². The van der Waals surface area contributed by atoms with Crippen LogP contribution in [0.2, 0.25) is 0 Å². The highest BCUT2D eigenvalue weighted by Crippen LogP contribution is 2.07. The summed E-state index contributed by atoms with van der Waals surface area (Å²) in [5.41, 5.74) is 0. The van der Waals surface area contributed by atoms with Crippen LogP contribution in [0.5, 0.6) is 0 Å². The van der Waals surface area contributed by atoms with Gasteiger partial charge < -0.3 is 33.5 Å². The van der Waals surface area contributed by atoms with Gasteiger partial charge in [-0.2, -0.15) is 0 Å². The van der Waals surface area contributed by atoms with Crippen LogP contribution in [0.25, 0.3) is 0 Å². The second kappa shape index (κ2) is 22.0. The number of amides is 2. The Kier molecular flexibility index (Phi) is 19.5. The topological polar surface area (TPSA) is 147 Å². The average molecular weight is 518 g/mol. The molecule has 1 N–H and O–H groups in total. The maximum atomic E-state index is 11.9. The Morgan fingerprint density at radius 3 is 1.42 bits per heavy atom. The number of imide groups is 1. The van der Waals surface area contributed by atoms with E-state index in [0.717, 1.165) is 4.90 Å². The molecule has 0 atom stereocenters. The summed E-state index contributed by atoms with van der Waals surface area (Å²) >= 11 is 0. The van der Waals surface area contributed by atoms with Gasteiger partial charge >= 0.3 is 5.97 Å². The third kappa shape index (κ3) is 18.1. The highest BCUT2D eigenvalue weighted by atomic mass is 16.6. The molecule has 1 aliphatic heterocycles. The van der Waals surface area contributed by atoms with Gasteiger partial charge in [-0.05, 0) is 12.8 Å². The molecular formula is C24H39NO11. The number of hydrogen-bond acceptors (Lipinski definition) is 10. The third-order valence-corrected chi connectivity index (χ3v) is 4.80. The number of carboxylic acid groups (broad SMARTS) is 1. The molecule has 0 aromatic heterocycles. The Labute approximate surface area is 211 Å². The summed E-state index contributed by atoms with van der Waals surface area (Å²) in [6.07, 6.45) is 4.31. The van der Waals surface area contributed by atoms with Crippen LogP contribution in [-0.4, -0.2) is 119 Å². The first-order valence-electron chi connectivity index (χ1n) is 12.2. The summed E-state index contributed by atoms with van der Waals surface area (Å²) in [7, 11) is 0. The molecule has 1 heterocycles. The summed E-state index contributed by atoms with van der Waals surface area (Å²) in [5, 5.41) is 8.46. The van der Waals surface area contributed by atoms with Crippen LogP contribution in [-0.2, 0) is 47.6 Å². The van der Waals surface area contributed by atoms with Crippen molar-refractivity contribution in [3.8, 4) is 0 Å². The average Bonchev–Trinajstić information content (AvgIpc) is 3.17. The van der Waals surface area contributed by atoms with E-state index in [2.05, 4.69) is 0 Å². The monoisotopic (exact) mass is 517 g/mol. The van der Waals surface area contributed by atoms with Crippen LogP contribution < -0.4 is 0 Å². The quantitative estimate of drug-likeness (QED) is 0.127. The minimum Gasteiger partial charge on any atom is -0.481 e. The molecule has 12 heteroatoms. The number of carbonyl (C=O) groups is 4. The van der Waals surface area contributed by atoms with Gasteiger partial charge in [-0.3, -0.25) is 24.1 Å². The number of ether oxygens (including phenoxy) is 6. The molecule has 2 amide bonds. The molecule has 0 aromatic rings. The van der Waals surface area contributed by atoms with E-state index >= 15 is 0 Å². The molecule has 1 aliphatic rings. The van der Waals surface area contributed by atoms with Crippen molar-refractivity contribution in [3.63, 3.8) is 0 Å². The number of carbonyl (C=O) groups excluding carboxylic acids is 3. The normalized spacial score (nSPS) is 13.2. The summed E-state index contributed by atoms with van der Waals surface area (Å²) in [6.45, 7) is 5.22. The summed E-state index contributed by atoms with van der Waals surface area (Å²) in [4.78, 5) is 46.1. The second-order valence-electron chi connectivity index (χ2n) is 7.73. The van der Waals surface area contributed by atoms with Gasteiger partial charge in [0, 0.05) is 38.1 Å². The zero-order valence-corrected chi connectivity index (χ0v) is 20.9. The highest BCUT2D eigenvalue weighted by Gasteiger charge is 2.22. The number of Topliss-reactive ketones (excluding diaryl/α,β-unsaturated/α-hetero) is 1. The van der Waals surface area contributed by atoms with E-state index in [-0.39, 0.29) is 37.2 Å². The summed E-state index contributed by atoms with van der Waals surface area (Å²) < 4.78 is 32.0. The van der Waals surface area contributed by atoms with Gasteiger partial charge in [0.1, 0.15) is 5.78 Å². The van der Waals surface area contributed by atoms with Crippen molar-refractivity contribution in [2.24, 2.45) is 0 Å². The fourth-order valence-electron chi connectivity index (χ4n) is 2.94. The van der Waals surface area contributed by atoms with Gasteiger partial charge in [0.05, 0.1) is 79.1 Å². The lowest BCUT2D eigenvalue weighted by Gasteiger charge is -2.12. The molecule has 12 nitrogen and oxygen atoms in total. The zero-order chi connectivity index (χ0) is 26.3. The Morgan fingerprint density at radius 1 is 0.583 bits per heavy atom. The molecule has 0 radical (unpaired) electrons. The Hall–Kier alpha value is -2.22. The van der Waals surface area contributed by atoms with Gasteiger partial charge in [0.25, 0.3) is 11.8 Å². The van der Waals surface area contributed by atoms with Crippen molar-refractivity contribution >= 4 is 23.6 Å². The van der Waals surface area contributed by atoms with Crippen LogP contribution in [0.1, 0.15) is 32.1 Å². The van der Waals surface area contributed by atoms with Crippen molar-refractivity contribution in [2.75, 3.05) is 85.8 Å². The van der Waals surface area contributed by atoms with E-state index in [0.29, 0.717) is 98.4 Å². The lowest BCUT2D eigenvalue weighted by Crippen LogP contribution is -2.31. The van der Waals surface area contributed by atoms with E-state index in [1.54, 1.807) is 0 Å². The molecule has 0 saturated carbocycles. The van der Waals surface area contributed by atoms with Crippen LogP contribution in [0.15, 0.2) is 12.2 Å². The van der Waals surface area contributed by atoms with Crippen LogP contribution in [0.4, 0.5) is 0 Å². The van der Waals surface area contributed by atoms with Crippen LogP contribution in [0.3, 0.4) is 0 Å². The lowest BCUT2D eigenvalue weighted by atomic mass is 10.1. The van der Waals surface area contributed by atoms with Crippen molar-refractivity contribution < 1.29 is 52.7 Å². The van der Waals surface area contributed by atoms with Gasteiger partial charge in [0.15, 0.2) is 0 Å². The summed E-state index contributed by atoms with van der Waals surface area (Å²) in [6, 6.07) is 0. The minimum absolute atomic E-state index is 0.0114. The largest absolute Gasteiger partial charge is 0.481 e. The van der Waals surface area contributed by atoms with Crippen LogP contribution in [0, 0.1) is 0 Å². The standard InChI is InChI=1S/C24H39NO11/c26-21(3-1-8-25-22(27)5-6-23(25)28)4-2-9-31-11-13-33-15-17-35-19-20-36-18-16-34-14-12-32-10-7-24(29)30/h5-6H,1-4,7-20H2,(H,29,30). The molecular weight excluding hydrogens is 478 g/mol. The van der Waals surface area contributed by atoms with Gasteiger partial charge in [-0.1, -0.05) is 0 Å². The van der Waals surface area contributed by atoms with Crippen LogP contribution >= 0.6 is 0 Å². The van der Waals surface area contributed by atoms with Crippen molar-refractivity contribution in [3.05, 3.63) is 12.2 Å². The van der Waals surface area contributed by atoms with Gasteiger partial charge in [-0.15, -0.1) is 0 Å². The molecule has 0 aliphatic carbocycles. The maximum Gasteiger partial charge on any atom is 0.305 e. The Morgan fingerprint density at radius 2 is 0.972 bits per heavy atom. The Bertz CT molecular complexity index is 650. The first kappa shape index (κ1) is 31.8. The van der Waals surface area contributed by atoms with E-state index in [9.17, 15) is 19.2 Å². The van der Waals surface area contributed by atoms with Crippen molar-refractivity contribution in [2.45, 2.75) is 32.1 Å². The minimum atomic E-state index is -0.883. The van der Waals surface area contributed by atoms with E-state index < -0.39 is 5.97 Å². The maximum absolute atomic E-state index is 11.9. The van der Waals surface area contributed by atoms with Crippen molar-refractivity contribution in [1.82, 2.24) is 4.90 Å². The molecule has 0 fully saturated rings. The Balaban J connectivity index is 1.72. The second-order valence-corrected chi connectivity index (χ2v) is 7.73. The molecule has 0 bridgehead atoms. The SMILES string of the molecule is O=C(O)CCOCCOCCOCCOCCOCCOCCCC(=O)CCCN1C(=O)C=CC1=O. The third-order valence-electron chi connectivity index (χ3n) is 4.80. The molecule has 36 heavy (non-hydrogen) atoms. The molecule has 0 saturated heterocycles. The zero-order valence-electron chi connectivity index (χ0n) is 20.9. The van der Waals surface area contributed by atoms with Gasteiger partial charge in [0.2, 0.25) is 0 Å². The fourth-order valence-corrected chi connectivity index (χ4v) is 2.94. The number of aliphatic carboxylic acids is 1. The predicted octanol–water partition coefficient (Wildman–Crippen LogP) is 0.615. The van der Waals surface area contributed by atoms with E-state index in [1.165, 1.54) is 12.2 Å². The first-order valence-corrected chi connectivity index (χ1v) is 12.2. The highest BCUT2D eigenvalue weighted by molar-refractivity contribution is 6.12. The van der Waals surface area contributed by atoms with E-state index in [4.69, 9.17) is 33.5 Å². The smallest absolute Gasteiger partial charge is 0.305 e. The summed E-state index contributed by atoms with van der Waals surface area (Å²) in [5.74, 6) is -1.43. The number of ketones is 1. The molecule has 1 rings (SSSR count). The number of hydrogen-bond donors (Lipinski definition) is 1. The molecule has 206 valence electrons. The number of nitrogens with zero attached hydrogens (tertiary/aromatic N) is 1. The lowest BCUT2D eigenvalue weighted by molar-refractivity contribution is -0.139. The molecule has 0 unspecified atom stereocenters. The number of rotatable bonds is 26. The van der Waals surface area contributed by atoms with Gasteiger partial charge in [-0.25, -0.2) is 0 Å². The number of carboxylic acids is 1. The predicted molar refractivity (Wildman–Crippen MR) is 127 cm³/mol. The molecule has 0 aromatic carbocycles. The van der Waals surface area contributed by atoms with Crippen molar-refractivity contribution in [1.29, 1.82) is 0 Å². The fraction of sp³-hybridized carbons (Fsp3) is 0.750.